The molecule has 4 N–H and O–H groups in total. The number of hydrogen-bond donors (Lipinski definition) is 4. The second-order valence-corrected chi connectivity index (χ2v) is 12.1. The number of carbonyl (C=O) groups is 4. The third kappa shape index (κ3) is 7.37. The van der Waals surface area contributed by atoms with Crippen LogP contribution in [0.5, 0.6) is 0 Å². The van der Waals surface area contributed by atoms with Crippen LogP contribution >= 0.6 is 0 Å². The molecule has 2 aliphatic rings. The molecule has 2 aromatic carbocycles. The first-order valence-electron chi connectivity index (χ1n) is 15.9. The van der Waals surface area contributed by atoms with Crippen LogP contribution in [0, 0.1) is 5.41 Å². The van der Waals surface area contributed by atoms with Crippen LogP contribution < -0.4 is 21.3 Å². The van der Waals surface area contributed by atoms with Gasteiger partial charge in [0.25, 0.3) is 0 Å². The monoisotopic (exact) mass is 625 g/mol. The Labute approximate surface area is 270 Å². The number of nitrogens with one attached hydrogen (secondary N) is 4. The number of hydrogen-bond acceptors (Lipinski definition) is 6. The third-order valence-corrected chi connectivity index (χ3v) is 9.19. The van der Waals surface area contributed by atoms with Gasteiger partial charge in [-0.2, -0.15) is 0 Å². The maximum Gasteiger partial charge on any atom is 0.317 e. The number of benzene rings is 2. The van der Waals surface area contributed by atoms with Crippen LogP contribution in [0.2, 0.25) is 0 Å². The Hall–Kier alpha value is -4.77. The second-order valence-electron chi connectivity index (χ2n) is 12.1. The van der Waals surface area contributed by atoms with E-state index in [0.29, 0.717) is 56.8 Å². The number of amides is 5. The molecule has 0 aliphatic carbocycles. The number of anilines is 2. The van der Waals surface area contributed by atoms with E-state index in [9.17, 15) is 19.2 Å². The van der Waals surface area contributed by atoms with Crippen LogP contribution in [-0.4, -0.2) is 72.3 Å². The number of rotatable bonds is 9. The number of fused-ring (bicyclic) bond motifs is 2. The number of piperidine rings is 1. The second kappa shape index (κ2) is 14.6. The molecule has 242 valence electrons. The summed E-state index contributed by atoms with van der Waals surface area (Å²) in [5.41, 5.74) is 4.65. The van der Waals surface area contributed by atoms with Gasteiger partial charge in [0.1, 0.15) is 12.4 Å². The molecule has 5 rings (SSSR count). The van der Waals surface area contributed by atoms with E-state index in [1.54, 1.807) is 23.0 Å². The van der Waals surface area contributed by atoms with Gasteiger partial charge in [0.15, 0.2) is 0 Å². The molecule has 3 heterocycles. The Morgan fingerprint density at radius 2 is 1.72 bits per heavy atom. The molecule has 3 aromatic rings. The summed E-state index contributed by atoms with van der Waals surface area (Å²) in [5.74, 6) is -0.00386. The minimum atomic E-state index is -0.677. The van der Waals surface area contributed by atoms with E-state index in [-0.39, 0.29) is 43.3 Å². The van der Waals surface area contributed by atoms with Gasteiger partial charge in [0.05, 0.1) is 11.8 Å². The number of aromatic nitrogens is 1. The summed E-state index contributed by atoms with van der Waals surface area (Å²) in [6, 6.07) is 17.2. The first kappa shape index (κ1) is 32.6. The van der Waals surface area contributed by atoms with Crippen molar-refractivity contribution in [2.75, 3.05) is 44.4 Å². The van der Waals surface area contributed by atoms with Crippen LogP contribution in [0.3, 0.4) is 0 Å². The first-order chi connectivity index (χ1) is 22.2. The van der Waals surface area contributed by atoms with E-state index in [2.05, 4.69) is 26.3 Å². The standard InChI is InChI=1S/C35H43N7O4/c1-4-35(13-16-41(17-14-35)34(46)37-3)33(45)42(22-27-9-6-5-8-26(27)21-36-2)23-31(44)39-29-12-11-24-18-25-10-7-15-38-32(25)40-30(43)20-28(24)19-29/h5-12,15,19,36H,4,13-14,16-18,20-23H2,1-3H3,(H,37,46)(H,39,44)(H,38,40,43). The van der Waals surface area contributed by atoms with Gasteiger partial charge in [-0.1, -0.05) is 43.3 Å². The van der Waals surface area contributed by atoms with Gasteiger partial charge >= 0.3 is 6.03 Å². The fraction of sp³-hybridized carbons (Fsp3) is 0.400. The van der Waals surface area contributed by atoms with Crippen molar-refractivity contribution in [2.45, 2.75) is 52.1 Å². The lowest BCUT2D eigenvalue weighted by Gasteiger charge is -2.42. The first-order valence-corrected chi connectivity index (χ1v) is 15.9. The van der Waals surface area contributed by atoms with Crippen molar-refractivity contribution in [3.05, 3.63) is 88.6 Å². The van der Waals surface area contributed by atoms with Crippen LogP contribution in [0.4, 0.5) is 16.3 Å². The molecule has 11 nitrogen and oxygen atoms in total. The Morgan fingerprint density at radius 1 is 0.957 bits per heavy atom. The molecule has 1 saturated heterocycles. The van der Waals surface area contributed by atoms with Crippen molar-refractivity contribution in [1.82, 2.24) is 25.4 Å². The highest BCUT2D eigenvalue weighted by Crippen LogP contribution is 2.37. The molecule has 0 atom stereocenters. The van der Waals surface area contributed by atoms with E-state index in [0.717, 1.165) is 27.8 Å². The summed E-state index contributed by atoms with van der Waals surface area (Å²) in [6.07, 6.45) is 4.08. The van der Waals surface area contributed by atoms with E-state index in [1.165, 1.54) is 0 Å². The van der Waals surface area contributed by atoms with Gasteiger partial charge < -0.3 is 31.1 Å². The van der Waals surface area contributed by atoms with Crippen molar-refractivity contribution < 1.29 is 19.2 Å². The van der Waals surface area contributed by atoms with Gasteiger partial charge in [-0.3, -0.25) is 14.4 Å². The molecule has 1 aromatic heterocycles. The van der Waals surface area contributed by atoms with Gasteiger partial charge in [0.2, 0.25) is 17.7 Å². The fourth-order valence-electron chi connectivity index (χ4n) is 6.49. The Kier molecular flexibility index (Phi) is 10.3. The number of pyridine rings is 1. The summed E-state index contributed by atoms with van der Waals surface area (Å²) < 4.78 is 0. The highest BCUT2D eigenvalue weighted by atomic mass is 16.2. The molecule has 46 heavy (non-hydrogen) atoms. The van der Waals surface area contributed by atoms with Crippen molar-refractivity contribution >= 4 is 35.3 Å². The van der Waals surface area contributed by atoms with E-state index in [1.807, 2.05) is 68.6 Å². The summed E-state index contributed by atoms with van der Waals surface area (Å²) in [7, 11) is 3.48. The molecule has 0 radical (unpaired) electrons. The quantitative estimate of drug-likeness (QED) is 0.287. The van der Waals surface area contributed by atoms with Crippen molar-refractivity contribution in [1.29, 1.82) is 0 Å². The van der Waals surface area contributed by atoms with E-state index >= 15 is 0 Å². The van der Waals surface area contributed by atoms with Crippen molar-refractivity contribution in [3.8, 4) is 0 Å². The van der Waals surface area contributed by atoms with Crippen LogP contribution in [0.15, 0.2) is 60.8 Å². The molecular formula is C35H43N7O4. The Bertz CT molecular complexity index is 1600. The summed E-state index contributed by atoms with van der Waals surface area (Å²) in [4.78, 5) is 60.8. The van der Waals surface area contributed by atoms with E-state index < -0.39 is 5.41 Å². The normalized spacial score (nSPS) is 15.4. The van der Waals surface area contributed by atoms with Gasteiger partial charge in [-0.25, -0.2) is 9.78 Å². The van der Waals surface area contributed by atoms with Crippen LogP contribution in [-0.2, 0) is 40.3 Å². The number of urea groups is 1. The predicted molar refractivity (Wildman–Crippen MR) is 177 cm³/mol. The van der Waals surface area contributed by atoms with Gasteiger partial charge in [-0.15, -0.1) is 0 Å². The third-order valence-electron chi connectivity index (χ3n) is 9.19. The average molecular weight is 626 g/mol. The average Bonchev–Trinajstić information content (AvgIpc) is 3.06. The Morgan fingerprint density at radius 3 is 2.43 bits per heavy atom. The summed E-state index contributed by atoms with van der Waals surface area (Å²) in [5, 5.41) is 11.7. The molecule has 5 amide bonds. The highest BCUT2D eigenvalue weighted by molar-refractivity contribution is 5.96. The predicted octanol–water partition coefficient (Wildman–Crippen LogP) is 3.69. The summed E-state index contributed by atoms with van der Waals surface area (Å²) >= 11 is 0. The number of carbonyl (C=O) groups excluding carboxylic acids is 4. The number of nitrogens with zero attached hydrogens (tertiary/aromatic N) is 3. The minimum Gasteiger partial charge on any atom is -0.341 e. The topological polar surface area (TPSA) is 136 Å². The molecule has 0 unspecified atom stereocenters. The molecule has 11 heteroatoms. The lowest BCUT2D eigenvalue weighted by atomic mass is 9.74. The zero-order chi connectivity index (χ0) is 32.7. The van der Waals surface area contributed by atoms with Gasteiger partial charge in [-0.05, 0) is 72.3 Å². The molecule has 0 bridgehead atoms. The van der Waals surface area contributed by atoms with Crippen molar-refractivity contribution in [2.24, 2.45) is 5.41 Å². The lowest BCUT2D eigenvalue weighted by Crippen LogP contribution is -2.53. The lowest BCUT2D eigenvalue weighted by molar-refractivity contribution is -0.147. The fourth-order valence-corrected chi connectivity index (χ4v) is 6.49. The Balaban J connectivity index is 1.37. The minimum absolute atomic E-state index is 0.0805. The highest BCUT2D eigenvalue weighted by Gasteiger charge is 2.43. The zero-order valence-electron chi connectivity index (χ0n) is 26.8. The zero-order valence-corrected chi connectivity index (χ0v) is 26.8. The molecule has 2 aliphatic heterocycles. The largest absolute Gasteiger partial charge is 0.341 e. The molecule has 0 saturated carbocycles. The maximum absolute atomic E-state index is 14.4. The van der Waals surface area contributed by atoms with Crippen LogP contribution in [0.1, 0.15) is 54.0 Å². The number of likely N-dealkylation sites (tertiary alicyclic amines) is 1. The SMILES string of the molecule is CCC1(C(=O)N(CC(=O)Nc2ccc3c(c2)CC(=O)Nc2ncccc2C3)Cc2ccccc2CNC)CCN(C(=O)NC)CC1. The molecule has 0 spiro atoms. The smallest absolute Gasteiger partial charge is 0.317 e. The molecular weight excluding hydrogens is 582 g/mol. The maximum atomic E-state index is 14.4. The van der Waals surface area contributed by atoms with Crippen LogP contribution in [0.25, 0.3) is 0 Å². The summed E-state index contributed by atoms with van der Waals surface area (Å²) in [6.45, 7) is 3.72. The molecule has 1 fully saturated rings. The van der Waals surface area contributed by atoms with Gasteiger partial charge in [0, 0.05) is 51.5 Å². The van der Waals surface area contributed by atoms with Crippen molar-refractivity contribution in [3.63, 3.8) is 0 Å². The van der Waals surface area contributed by atoms with E-state index in [4.69, 9.17) is 0 Å².